The molecule has 0 aromatic heterocycles. The largest absolute Gasteiger partial charge is 0.394 e. The molecule has 22 nitrogen and oxygen atoms in total. The van der Waals surface area contributed by atoms with Crippen LogP contribution >= 0.6 is 0 Å². The molecule has 0 spiro atoms. The van der Waals surface area contributed by atoms with Crippen molar-refractivity contribution in [3.05, 3.63) is 11.6 Å². The number of aliphatic hydroxyl groups is 14. The molecule has 8 fully saturated rings. The SMILES string of the molecule is CC(C)=CCC[C@](C)(O)C1CC[C@]2(C)[C@@H]1[C@H](O[C@H]1O[C@@H](CO[C@H]3OC[C@H](O)[C@@H](O)[C@@H]3O)[C@H](O)[C@@H](O)[C@@H]1O)C[C@@H]1[C@@]3(C)CC[C@H](O[C@@H]4O[C@H](CO)[C@@H](O)[C@H](O)[C@H]4O[C@@H]4O[C@H](CO)[C@@H](O)[C@H](O)[C@H]4O)C[C@@H]3CC[C@]12C. The van der Waals surface area contributed by atoms with Crippen LogP contribution in [0.3, 0.4) is 0 Å². The molecule has 4 saturated carbocycles. The topological polar surface area (TPSA) is 357 Å². The number of hydrogen-bond acceptors (Lipinski definition) is 22. The Morgan fingerprint density at radius 3 is 1.84 bits per heavy atom. The lowest BCUT2D eigenvalue weighted by Crippen LogP contribution is -2.66. The van der Waals surface area contributed by atoms with Gasteiger partial charge < -0.3 is 109 Å². The first-order chi connectivity index (χ1) is 34.3. The maximum Gasteiger partial charge on any atom is 0.187 e. The van der Waals surface area contributed by atoms with Crippen LogP contribution in [0.2, 0.25) is 0 Å². The lowest BCUT2D eigenvalue weighted by Gasteiger charge is -2.69. The average Bonchev–Trinajstić information content (AvgIpc) is 3.74. The van der Waals surface area contributed by atoms with Gasteiger partial charge in [-0.1, -0.05) is 32.4 Å². The van der Waals surface area contributed by atoms with Gasteiger partial charge in [0.15, 0.2) is 25.2 Å². The van der Waals surface area contributed by atoms with Gasteiger partial charge in [-0.2, -0.15) is 0 Å². The summed E-state index contributed by atoms with van der Waals surface area (Å²) in [6, 6.07) is 0. The Balaban J connectivity index is 1.04. The fourth-order valence-corrected chi connectivity index (χ4v) is 14.9. The minimum Gasteiger partial charge on any atom is -0.394 e. The van der Waals surface area contributed by atoms with E-state index >= 15 is 0 Å². The van der Waals surface area contributed by atoms with Gasteiger partial charge in [-0.15, -0.1) is 0 Å². The van der Waals surface area contributed by atoms with E-state index < -0.39 is 160 Å². The van der Waals surface area contributed by atoms with Crippen molar-refractivity contribution >= 4 is 0 Å². The monoisotopic (exact) mass is 1050 g/mol. The van der Waals surface area contributed by atoms with Crippen molar-refractivity contribution in [3.63, 3.8) is 0 Å². The Morgan fingerprint density at radius 2 is 1.19 bits per heavy atom. The molecule has 0 aromatic carbocycles. The predicted octanol–water partition coefficient (Wildman–Crippen LogP) is -2.20. The zero-order valence-corrected chi connectivity index (χ0v) is 42.9. The molecule has 8 aliphatic rings. The minimum atomic E-state index is -1.82. The van der Waals surface area contributed by atoms with E-state index in [0.29, 0.717) is 44.9 Å². The average molecular weight is 1050 g/mol. The number of hydrogen-bond donors (Lipinski definition) is 14. The van der Waals surface area contributed by atoms with Crippen LogP contribution in [-0.4, -0.2) is 232 Å². The zero-order chi connectivity index (χ0) is 53.3. The number of rotatable bonds is 15. The first-order valence-corrected chi connectivity index (χ1v) is 26.5. The normalized spacial score (nSPS) is 53.1. The van der Waals surface area contributed by atoms with Gasteiger partial charge in [0, 0.05) is 0 Å². The van der Waals surface area contributed by atoms with Gasteiger partial charge in [-0.05, 0) is 125 Å². The van der Waals surface area contributed by atoms with Crippen LogP contribution in [0.1, 0.15) is 106 Å². The van der Waals surface area contributed by atoms with Crippen molar-refractivity contribution < 1.29 is 109 Å². The van der Waals surface area contributed by atoms with Crippen LogP contribution in [0.4, 0.5) is 0 Å². The van der Waals surface area contributed by atoms with Crippen molar-refractivity contribution in [2.75, 3.05) is 26.4 Å². The summed E-state index contributed by atoms with van der Waals surface area (Å²) < 4.78 is 48.6. The van der Waals surface area contributed by atoms with Gasteiger partial charge >= 0.3 is 0 Å². The lowest BCUT2D eigenvalue weighted by atomic mass is 9.37. The standard InChI is InChI=1S/C51H86O22/c1-22(2)8-7-12-51(6,65)25-11-15-50(5)32(25)27(69-45-41(63)38(60)36(58)30(72-45)21-67-44-40(62)33(55)26(54)20-66-44)17-31-48(3)13-10-24(16-23(48)9-14-49(31,50)4)68-47-43(39(61)35(57)29(19-53)71-47)73-46-42(64)37(59)34(56)28(18-52)70-46/h8,23-47,52-65H,7,9-21H2,1-6H3/t23-,24-,25?,26-,27+,28+,29+,30-,31+,32-,33+,34+,35+,36-,37-,38+,39-,40-,41-,42+,43+,44+,45-,46-,47+,48-,49+,50+,51-/m0/s1. The quantitative estimate of drug-likeness (QED) is 0.0611. The predicted molar refractivity (Wildman–Crippen MR) is 251 cm³/mol. The summed E-state index contributed by atoms with van der Waals surface area (Å²) in [6.45, 7) is 10.7. The first-order valence-electron chi connectivity index (χ1n) is 26.5. The molecule has 4 aliphatic heterocycles. The Labute approximate surface area is 426 Å². The Hall–Kier alpha value is -1.14. The molecular formula is C51H86O22. The highest BCUT2D eigenvalue weighted by atomic mass is 16.8. The van der Waals surface area contributed by atoms with Crippen LogP contribution in [0, 0.1) is 39.9 Å². The van der Waals surface area contributed by atoms with Gasteiger partial charge in [-0.25, -0.2) is 0 Å². The molecule has 73 heavy (non-hydrogen) atoms. The molecule has 1 unspecified atom stereocenters. The maximum absolute atomic E-state index is 12.5. The maximum atomic E-state index is 12.5. The third-order valence-electron chi connectivity index (χ3n) is 19.5. The van der Waals surface area contributed by atoms with E-state index in [1.165, 1.54) is 0 Å². The molecule has 0 radical (unpaired) electrons. The number of aliphatic hydroxyl groups excluding tert-OH is 13. The van der Waals surface area contributed by atoms with Crippen molar-refractivity contribution in [1.82, 2.24) is 0 Å². The summed E-state index contributed by atoms with van der Waals surface area (Å²) in [6.07, 6.45) is -22.0. The number of ether oxygens (including phenoxy) is 8. The number of fused-ring (bicyclic) bond motifs is 5. The van der Waals surface area contributed by atoms with Gasteiger partial charge in [0.1, 0.15) is 91.6 Å². The fourth-order valence-electron chi connectivity index (χ4n) is 14.9. The molecular weight excluding hydrogens is 965 g/mol. The molecule has 29 atom stereocenters. The summed E-state index contributed by atoms with van der Waals surface area (Å²) in [5, 5.41) is 151. The first kappa shape index (κ1) is 58.0. The van der Waals surface area contributed by atoms with E-state index in [0.717, 1.165) is 24.8 Å². The lowest BCUT2D eigenvalue weighted by molar-refractivity contribution is -0.373. The Morgan fingerprint density at radius 1 is 0.616 bits per heavy atom. The van der Waals surface area contributed by atoms with E-state index in [9.17, 15) is 71.5 Å². The summed E-state index contributed by atoms with van der Waals surface area (Å²) in [7, 11) is 0. The van der Waals surface area contributed by atoms with Crippen LogP contribution in [0.15, 0.2) is 11.6 Å². The van der Waals surface area contributed by atoms with E-state index in [1.807, 2.05) is 20.8 Å². The molecule has 4 aliphatic carbocycles. The third kappa shape index (κ3) is 10.7. The minimum absolute atomic E-state index is 0.00588. The molecule has 0 amide bonds. The molecule has 4 saturated heterocycles. The molecule has 0 bridgehead atoms. The highest BCUT2D eigenvalue weighted by Gasteiger charge is 2.71. The van der Waals surface area contributed by atoms with Gasteiger partial charge in [-0.3, -0.25) is 0 Å². The van der Waals surface area contributed by atoms with Crippen molar-refractivity contribution in [2.24, 2.45) is 39.9 Å². The second-order valence-corrected chi connectivity index (χ2v) is 24.0. The van der Waals surface area contributed by atoms with E-state index in [-0.39, 0.29) is 41.1 Å². The van der Waals surface area contributed by atoms with Gasteiger partial charge in [0.25, 0.3) is 0 Å². The molecule has 422 valence electrons. The van der Waals surface area contributed by atoms with Gasteiger partial charge in [0.05, 0.1) is 44.2 Å². The van der Waals surface area contributed by atoms with Crippen LogP contribution < -0.4 is 0 Å². The van der Waals surface area contributed by atoms with Crippen LogP contribution in [0.5, 0.6) is 0 Å². The van der Waals surface area contributed by atoms with Gasteiger partial charge in [0.2, 0.25) is 0 Å². The Kier molecular flexibility index (Phi) is 17.9. The second-order valence-electron chi connectivity index (χ2n) is 24.0. The molecule has 0 aromatic rings. The molecule has 8 rings (SSSR count). The van der Waals surface area contributed by atoms with E-state index in [4.69, 9.17) is 37.9 Å². The van der Waals surface area contributed by atoms with Crippen molar-refractivity contribution in [2.45, 2.75) is 240 Å². The molecule has 22 heteroatoms. The van der Waals surface area contributed by atoms with Crippen molar-refractivity contribution in [1.29, 1.82) is 0 Å². The fraction of sp³-hybridized carbons (Fsp3) is 0.961. The summed E-state index contributed by atoms with van der Waals surface area (Å²) in [4.78, 5) is 0. The van der Waals surface area contributed by atoms with Crippen LogP contribution in [-0.2, 0) is 37.9 Å². The molecule has 4 heterocycles. The summed E-state index contributed by atoms with van der Waals surface area (Å²) >= 11 is 0. The van der Waals surface area contributed by atoms with E-state index in [2.05, 4.69) is 26.8 Å². The third-order valence-corrected chi connectivity index (χ3v) is 19.5. The van der Waals surface area contributed by atoms with Crippen molar-refractivity contribution in [3.8, 4) is 0 Å². The highest BCUT2D eigenvalue weighted by molar-refractivity contribution is 5.19. The Bertz CT molecular complexity index is 1860. The zero-order valence-electron chi connectivity index (χ0n) is 42.9. The second kappa shape index (κ2) is 22.5. The summed E-state index contributed by atoms with van der Waals surface area (Å²) in [5.41, 5.74) is -0.979. The smallest absolute Gasteiger partial charge is 0.187 e. The van der Waals surface area contributed by atoms with Crippen LogP contribution in [0.25, 0.3) is 0 Å². The summed E-state index contributed by atoms with van der Waals surface area (Å²) in [5.74, 6) is -0.396. The molecule has 14 N–H and O–H groups in total. The highest BCUT2D eigenvalue weighted by Crippen LogP contribution is 2.75. The number of allylic oxidation sites excluding steroid dienone is 2. The van der Waals surface area contributed by atoms with E-state index in [1.54, 1.807) is 0 Å².